The second-order valence-electron chi connectivity index (χ2n) is 4.89. The van der Waals surface area contributed by atoms with Crippen LogP contribution in [0, 0.1) is 10.1 Å². The van der Waals surface area contributed by atoms with Gasteiger partial charge in [-0.05, 0) is 24.3 Å². The quantitative estimate of drug-likeness (QED) is 0.334. The van der Waals surface area contributed by atoms with Crippen molar-refractivity contribution in [2.45, 2.75) is 0 Å². The number of ether oxygens (including phenoxy) is 2. The number of amides is 1. The number of nitro benzene ring substituents is 1. The van der Waals surface area contributed by atoms with Gasteiger partial charge in [0.25, 0.3) is 11.6 Å². The van der Waals surface area contributed by atoms with Gasteiger partial charge in [-0.3, -0.25) is 14.9 Å². The Morgan fingerprint density at radius 2 is 1.92 bits per heavy atom. The highest BCUT2D eigenvalue weighted by atomic mass is 16.6. The lowest BCUT2D eigenvalue weighted by atomic mass is 10.1. The molecule has 0 unspecified atom stereocenters. The van der Waals surface area contributed by atoms with Crippen molar-refractivity contribution in [1.82, 2.24) is 5.32 Å². The molecule has 1 heterocycles. The number of benzene rings is 1. The summed E-state index contributed by atoms with van der Waals surface area (Å²) in [6.45, 7) is 0.241. The van der Waals surface area contributed by atoms with Crippen molar-refractivity contribution in [3.8, 4) is 11.3 Å². The molecule has 2 aromatic rings. The number of furan rings is 1. The van der Waals surface area contributed by atoms with Crippen LogP contribution < -0.4 is 5.32 Å². The Morgan fingerprint density at radius 3 is 2.56 bits per heavy atom. The van der Waals surface area contributed by atoms with Gasteiger partial charge < -0.3 is 19.2 Å². The van der Waals surface area contributed by atoms with Crippen LogP contribution in [-0.2, 0) is 14.3 Å². The summed E-state index contributed by atoms with van der Waals surface area (Å²) >= 11 is 0. The van der Waals surface area contributed by atoms with Crippen molar-refractivity contribution in [2.75, 3.05) is 26.9 Å². The van der Waals surface area contributed by atoms with Gasteiger partial charge in [0.1, 0.15) is 5.76 Å². The molecule has 0 fully saturated rings. The molecule has 0 saturated carbocycles. The van der Waals surface area contributed by atoms with Crippen molar-refractivity contribution in [2.24, 2.45) is 0 Å². The van der Waals surface area contributed by atoms with Crippen LogP contribution in [0.3, 0.4) is 0 Å². The van der Waals surface area contributed by atoms with E-state index >= 15 is 0 Å². The fourth-order valence-electron chi connectivity index (χ4n) is 1.90. The van der Waals surface area contributed by atoms with Crippen LogP contribution in [0.2, 0.25) is 0 Å². The van der Waals surface area contributed by atoms with E-state index in [1.165, 1.54) is 43.5 Å². The molecule has 25 heavy (non-hydrogen) atoms. The van der Waals surface area contributed by atoms with E-state index in [9.17, 15) is 19.7 Å². The molecular formula is C16H16N2O7. The first-order valence-electron chi connectivity index (χ1n) is 7.28. The molecule has 1 amide bonds. The summed E-state index contributed by atoms with van der Waals surface area (Å²) in [6.07, 6.45) is 0. The maximum absolute atomic E-state index is 11.9. The Hall–Kier alpha value is -3.20. The molecule has 132 valence electrons. The van der Waals surface area contributed by atoms with Crippen LogP contribution in [0.5, 0.6) is 0 Å². The molecule has 0 saturated heterocycles. The third-order valence-corrected chi connectivity index (χ3v) is 3.13. The first kappa shape index (κ1) is 18.1. The molecule has 0 spiro atoms. The molecule has 9 heteroatoms. The van der Waals surface area contributed by atoms with Gasteiger partial charge >= 0.3 is 5.97 Å². The predicted octanol–water partition coefficient (Wildman–Crippen LogP) is 1.77. The number of esters is 1. The van der Waals surface area contributed by atoms with Crippen LogP contribution in [0.25, 0.3) is 11.3 Å². The highest BCUT2D eigenvalue weighted by Gasteiger charge is 2.16. The molecule has 9 nitrogen and oxygen atoms in total. The van der Waals surface area contributed by atoms with Crippen LogP contribution in [0.4, 0.5) is 5.69 Å². The predicted molar refractivity (Wildman–Crippen MR) is 86.0 cm³/mol. The minimum Gasteiger partial charge on any atom is -0.450 e. The standard InChI is InChI=1S/C16H16N2O7/c1-23-9-8-17-15(19)10-24-16(20)14-7-6-13(25-14)11-2-4-12(5-3-11)18(21)22/h2-7H,8-10H2,1H3,(H,17,19). The van der Waals surface area contributed by atoms with Crippen LogP contribution in [0.1, 0.15) is 10.6 Å². The van der Waals surface area contributed by atoms with Crippen molar-refractivity contribution in [3.05, 3.63) is 52.3 Å². The van der Waals surface area contributed by atoms with Crippen molar-refractivity contribution in [1.29, 1.82) is 0 Å². The average molecular weight is 348 g/mol. The molecule has 2 rings (SSSR count). The van der Waals surface area contributed by atoms with Gasteiger partial charge in [0.15, 0.2) is 6.61 Å². The van der Waals surface area contributed by atoms with Crippen LogP contribution in [0.15, 0.2) is 40.8 Å². The minimum absolute atomic E-state index is 0.0468. The SMILES string of the molecule is COCCNC(=O)COC(=O)c1ccc(-c2ccc([N+](=O)[O-])cc2)o1. The highest BCUT2D eigenvalue weighted by Crippen LogP contribution is 2.24. The normalized spacial score (nSPS) is 10.3. The number of nitrogens with one attached hydrogen (secondary N) is 1. The molecule has 0 aliphatic rings. The highest BCUT2D eigenvalue weighted by molar-refractivity contribution is 5.89. The Bertz CT molecular complexity index is 752. The zero-order valence-corrected chi connectivity index (χ0v) is 13.4. The van der Waals surface area contributed by atoms with Crippen molar-refractivity contribution in [3.63, 3.8) is 0 Å². The summed E-state index contributed by atoms with van der Waals surface area (Å²) in [6, 6.07) is 8.63. The summed E-state index contributed by atoms with van der Waals surface area (Å²) < 4.78 is 15.0. The van der Waals surface area contributed by atoms with Crippen molar-refractivity contribution >= 4 is 17.6 Å². The lowest BCUT2D eigenvalue weighted by Gasteiger charge is -2.04. The number of nitro groups is 1. The third-order valence-electron chi connectivity index (χ3n) is 3.13. The average Bonchev–Trinajstić information content (AvgIpc) is 3.10. The van der Waals surface area contributed by atoms with E-state index < -0.39 is 23.4 Å². The molecule has 0 radical (unpaired) electrons. The Morgan fingerprint density at radius 1 is 1.20 bits per heavy atom. The number of carbonyl (C=O) groups is 2. The summed E-state index contributed by atoms with van der Waals surface area (Å²) in [4.78, 5) is 33.4. The fraction of sp³-hybridized carbons (Fsp3) is 0.250. The van der Waals surface area contributed by atoms with E-state index in [4.69, 9.17) is 13.9 Å². The monoisotopic (exact) mass is 348 g/mol. The van der Waals surface area contributed by atoms with Gasteiger partial charge in [-0.1, -0.05) is 0 Å². The molecule has 0 atom stereocenters. The van der Waals surface area contributed by atoms with Gasteiger partial charge in [0.05, 0.1) is 11.5 Å². The lowest BCUT2D eigenvalue weighted by molar-refractivity contribution is -0.384. The number of methoxy groups -OCH3 is 1. The first-order chi connectivity index (χ1) is 12.0. The number of hydrogen-bond acceptors (Lipinski definition) is 7. The Kier molecular flexibility index (Phi) is 6.24. The van der Waals surface area contributed by atoms with Gasteiger partial charge in [-0.25, -0.2) is 4.79 Å². The van der Waals surface area contributed by atoms with Crippen LogP contribution in [-0.4, -0.2) is 43.7 Å². The first-order valence-corrected chi connectivity index (χ1v) is 7.28. The number of carbonyl (C=O) groups excluding carboxylic acids is 2. The lowest BCUT2D eigenvalue weighted by Crippen LogP contribution is -2.31. The molecule has 0 aliphatic carbocycles. The van der Waals surface area contributed by atoms with Crippen molar-refractivity contribution < 1.29 is 28.4 Å². The summed E-state index contributed by atoms with van der Waals surface area (Å²) in [5.41, 5.74) is 0.524. The van der Waals surface area contributed by atoms with E-state index in [-0.39, 0.29) is 11.4 Å². The second kappa shape index (κ2) is 8.60. The number of hydrogen-bond donors (Lipinski definition) is 1. The van der Waals surface area contributed by atoms with E-state index in [0.717, 1.165) is 0 Å². The number of rotatable bonds is 8. The molecule has 1 N–H and O–H groups in total. The maximum atomic E-state index is 11.9. The van der Waals surface area contributed by atoms with E-state index in [0.29, 0.717) is 24.5 Å². The zero-order valence-electron chi connectivity index (χ0n) is 13.4. The van der Waals surface area contributed by atoms with Gasteiger partial charge in [0.2, 0.25) is 5.76 Å². The Labute approximate surface area is 142 Å². The summed E-state index contributed by atoms with van der Waals surface area (Å²) in [7, 11) is 1.51. The van der Waals surface area contributed by atoms with E-state index in [2.05, 4.69) is 5.32 Å². The number of nitrogens with zero attached hydrogens (tertiary/aromatic N) is 1. The molecule has 1 aromatic heterocycles. The third kappa shape index (κ3) is 5.15. The minimum atomic E-state index is -0.782. The van der Waals surface area contributed by atoms with Crippen LogP contribution >= 0.6 is 0 Å². The maximum Gasteiger partial charge on any atom is 0.374 e. The number of non-ortho nitro benzene ring substituents is 1. The molecule has 0 bridgehead atoms. The van der Waals surface area contributed by atoms with E-state index in [1.54, 1.807) is 0 Å². The molecule has 1 aromatic carbocycles. The molecular weight excluding hydrogens is 332 g/mol. The van der Waals surface area contributed by atoms with Gasteiger partial charge in [-0.2, -0.15) is 0 Å². The summed E-state index contributed by atoms with van der Waals surface area (Å²) in [5.74, 6) is -0.952. The van der Waals surface area contributed by atoms with Gasteiger partial charge in [0, 0.05) is 31.4 Å². The van der Waals surface area contributed by atoms with Gasteiger partial charge in [-0.15, -0.1) is 0 Å². The molecule has 0 aliphatic heterocycles. The summed E-state index contributed by atoms with van der Waals surface area (Å²) in [5, 5.41) is 13.1. The largest absolute Gasteiger partial charge is 0.450 e. The zero-order chi connectivity index (χ0) is 18.2. The fourth-order valence-corrected chi connectivity index (χ4v) is 1.90. The second-order valence-corrected chi connectivity index (χ2v) is 4.89. The smallest absolute Gasteiger partial charge is 0.374 e. The topological polar surface area (TPSA) is 121 Å². The Balaban J connectivity index is 1.92. The van der Waals surface area contributed by atoms with E-state index in [1.807, 2.05) is 0 Å².